The Morgan fingerprint density at radius 3 is 2.47 bits per heavy atom. The third-order valence-corrected chi connectivity index (χ3v) is 3.72. The minimum Gasteiger partial charge on any atom is -0.481 e. The van der Waals surface area contributed by atoms with Gasteiger partial charge in [-0.25, -0.2) is 0 Å². The first-order valence-corrected chi connectivity index (χ1v) is 6.65. The number of amides is 1. The van der Waals surface area contributed by atoms with E-state index in [0.29, 0.717) is 12.8 Å². The van der Waals surface area contributed by atoms with Gasteiger partial charge in [-0.2, -0.15) is 0 Å². The molecule has 0 bridgehead atoms. The Hall–Kier alpha value is -1.78. The number of furan rings is 1. The van der Waals surface area contributed by atoms with Gasteiger partial charge in [-0.05, 0) is 30.9 Å². The van der Waals surface area contributed by atoms with Crippen LogP contribution in [0, 0.1) is 5.41 Å². The highest BCUT2D eigenvalue weighted by Gasteiger charge is 2.50. The van der Waals surface area contributed by atoms with E-state index < -0.39 is 11.4 Å². The lowest BCUT2D eigenvalue weighted by Crippen LogP contribution is -2.34. The van der Waals surface area contributed by atoms with Crippen LogP contribution in [0.2, 0.25) is 0 Å². The summed E-state index contributed by atoms with van der Waals surface area (Å²) in [5.41, 5.74) is 0.288. The fourth-order valence-electron chi connectivity index (χ4n) is 2.13. The van der Waals surface area contributed by atoms with Crippen molar-refractivity contribution in [3.63, 3.8) is 0 Å². The molecule has 0 saturated heterocycles. The van der Waals surface area contributed by atoms with E-state index in [1.165, 1.54) is 0 Å². The molecule has 2 N–H and O–H groups in total. The number of rotatable bonds is 6. The van der Waals surface area contributed by atoms with Crippen molar-refractivity contribution in [1.82, 2.24) is 5.32 Å². The molecule has 1 aliphatic carbocycles. The maximum atomic E-state index is 11.9. The summed E-state index contributed by atoms with van der Waals surface area (Å²) in [6, 6.07) is 1.74. The minimum absolute atomic E-state index is 0.171. The molecule has 0 spiro atoms. The SMILES string of the molecule is CCc1cc(C(=O)NCC2(C(=O)O)CC2)oc1CC. The Balaban J connectivity index is 2.00. The lowest BCUT2D eigenvalue weighted by atomic mass is 10.1. The summed E-state index contributed by atoms with van der Waals surface area (Å²) >= 11 is 0. The highest BCUT2D eigenvalue weighted by molar-refractivity contribution is 5.92. The molecule has 5 heteroatoms. The third kappa shape index (κ3) is 2.64. The quantitative estimate of drug-likeness (QED) is 0.824. The molecule has 1 fully saturated rings. The van der Waals surface area contributed by atoms with Gasteiger partial charge in [0.25, 0.3) is 5.91 Å². The Labute approximate surface area is 112 Å². The van der Waals surface area contributed by atoms with Crippen LogP contribution in [-0.2, 0) is 17.6 Å². The predicted octanol–water partition coefficient (Wildman–Crippen LogP) is 2.00. The molecule has 104 valence electrons. The van der Waals surface area contributed by atoms with Crippen LogP contribution in [0.3, 0.4) is 0 Å². The van der Waals surface area contributed by atoms with Crippen molar-refractivity contribution in [2.75, 3.05) is 6.54 Å². The Morgan fingerprint density at radius 1 is 1.37 bits per heavy atom. The van der Waals surface area contributed by atoms with Crippen LogP contribution in [0.15, 0.2) is 10.5 Å². The number of nitrogens with one attached hydrogen (secondary N) is 1. The highest BCUT2D eigenvalue weighted by Crippen LogP contribution is 2.45. The van der Waals surface area contributed by atoms with Crippen molar-refractivity contribution in [1.29, 1.82) is 0 Å². The zero-order chi connectivity index (χ0) is 14.0. The number of aryl methyl sites for hydroxylation is 2. The molecule has 2 rings (SSSR count). The van der Waals surface area contributed by atoms with Gasteiger partial charge >= 0.3 is 5.97 Å². The number of aliphatic carboxylic acids is 1. The van der Waals surface area contributed by atoms with Gasteiger partial charge in [-0.15, -0.1) is 0 Å². The number of carboxylic acids is 1. The monoisotopic (exact) mass is 265 g/mol. The van der Waals surface area contributed by atoms with E-state index in [-0.39, 0.29) is 18.2 Å². The number of hydrogen-bond acceptors (Lipinski definition) is 3. The molecular formula is C14H19NO4. The average Bonchev–Trinajstić information content (AvgIpc) is 3.08. The molecule has 0 aliphatic heterocycles. The number of carboxylic acid groups (broad SMARTS) is 1. The Kier molecular flexibility index (Phi) is 3.64. The second kappa shape index (κ2) is 5.07. The Morgan fingerprint density at radius 2 is 2.05 bits per heavy atom. The number of carbonyl (C=O) groups is 2. The number of carbonyl (C=O) groups excluding carboxylic acids is 1. The molecule has 19 heavy (non-hydrogen) atoms. The lowest BCUT2D eigenvalue weighted by Gasteiger charge is -2.09. The van der Waals surface area contributed by atoms with Crippen LogP contribution in [0.4, 0.5) is 0 Å². The molecule has 5 nitrogen and oxygen atoms in total. The summed E-state index contributed by atoms with van der Waals surface area (Å²) in [7, 11) is 0. The highest BCUT2D eigenvalue weighted by atomic mass is 16.4. The second-order valence-corrected chi connectivity index (χ2v) is 5.03. The molecule has 1 aromatic rings. The van der Waals surface area contributed by atoms with Gasteiger partial charge in [0, 0.05) is 13.0 Å². The minimum atomic E-state index is -0.837. The molecular weight excluding hydrogens is 246 g/mol. The molecule has 0 unspecified atom stereocenters. The predicted molar refractivity (Wildman–Crippen MR) is 69.1 cm³/mol. The van der Waals surface area contributed by atoms with Gasteiger partial charge in [-0.3, -0.25) is 9.59 Å². The Bertz CT molecular complexity index is 478. The van der Waals surface area contributed by atoms with Crippen molar-refractivity contribution in [3.05, 3.63) is 23.2 Å². The van der Waals surface area contributed by atoms with Gasteiger partial charge < -0.3 is 14.8 Å². The van der Waals surface area contributed by atoms with Crippen molar-refractivity contribution in [3.8, 4) is 0 Å². The van der Waals surface area contributed by atoms with E-state index in [4.69, 9.17) is 9.52 Å². The zero-order valence-corrected chi connectivity index (χ0v) is 11.3. The molecule has 0 atom stereocenters. The average molecular weight is 265 g/mol. The topological polar surface area (TPSA) is 79.5 Å². The number of hydrogen-bond donors (Lipinski definition) is 2. The zero-order valence-electron chi connectivity index (χ0n) is 11.3. The molecule has 1 aliphatic rings. The largest absolute Gasteiger partial charge is 0.481 e. The first-order valence-electron chi connectivity index (χ1n) is 6.65. The van der Waals surface area contributed by atoms with Crippen molar-refractivity contribution in [2.45, 2.75) is 39.5 Å². The van der Waals surface area contributed by atoms with E-state index in [1.807, 2.05) is 13.8 Å². The third-order valence-electron chi connectivity index (χ3n) is 3.72. The van der Waals surface area contributed by atoms with Crippen molar-refractivity contribution >= 4 is 11.9 Å². The first kappa shape index (κ1) is 13.6. The van der Waals surface area contributed by atoms with Crippen LogP contribution in [0.25, 0.3) is 0 Å². The summed E-state index contributed by atoms with van der Waals surface area (Å²) in [6.07, 6.45) is 2.82. The van der Waals surface area contributed by atoms with E-state index >= 15 is 0 Å². The molecule has 0 aromatic carbocycles. The summed E-state index contributed by atoms with van der Waals surface area (Å²) in [5, 5.41) is 11.7. The van der Waals surface area contributed by atoms with Crippen LogP contribution >= 0.6 is 0 Å². The maximum Gasteiger partial charge on any atom is 0.311 e. The molecule has 1 amide bonds. The maximum absolute atomic E-state index is 11.9. The lowest BCUT2D eigenvalue weighted by molar-refractivity contribution is -0.143. The van der Waals surface area contributed by atoms with Gasteiger partial charge in [-0.1, -0.05) is 13.8 Å². The van der Waals surface area contributed by atoms with Crippen molar-refractivity contribution < 1.29 is 19.1 Å². The van der Waals surface area contributed by atoms with Crippen LogP contribution in [0.1, 0.15) is 48.6 Å². The van der Waals surface area contributed by atoms with E-state index in [1.54, 1.807) is 6.07 Å². The molecule has 1 aromatic heterocycles. The van der Waals surface area contributed by atoms with Gasteiger partial charge in [0.1, 0.15) is 5.76 Å². The fraction of sp³-hybridized carbons (Fsp3) is 0.571. The van der Waals surface area contributed by atoms with E-state index in [9.17, 15) is 9.59 Å². The summed E-state index contributed by atoms with van der Waals surface area (Å²) in [4.78, 5) is 23.0. The second-order valence-electron chi connectivity index (χ2n) is 5.03. The van der Waals surface area contributed by atoms with Gasteiger partial charge in [0.2, 0.25) is 0 Å². The summed E-state index contributed by atoms with van der Waals surface area (Å²) < 4.78 is 5.50. The first-order chi connectivity index (χ1) is 9.02. The van der Waals surface area contributed by atoms with Crippen LogP contribution < -0.4 is 5.32 Å². The normalized spacial score (nSPS) is 16.1. The van der Waals surface area contributed by atoms with E-state index in [2.05, 4.69) is 5.32 Å². The van der Waals surface area contributed by atoms with Crippen LogP contribution in [0.5, 0.6) is 0 Å². The molecule has 1 heterocycles. The van der Waals surface area contributed by atoms with Crippen LogP contribution in [-0.4, -0.2) is 23.5 Å². The van der Waals surface area contributed by atoms with Crippen molar-refractivity contribution in [2.24, 2.45) is 5.41 Å². The van der Waals surface area contributed by atoms with Gasteiger partial charge in [0.05, 0.1) is 5.41 Å². The van der Waals surface area contributed by atoms with E-state index in [0.717, 1.165) is 24.2 Å². The van der Waals surface area contributed by atoms with Gasteiger partial charge in [0.15, 0.2) is 5.76 Å². The smallest absolute Gasteiger partial charge is 0.311 e. The summed E-state index contributed by atoms with van der Waals surface area (Å²) in [6.45, 7) is 4.16. The molecule has 0 radical (unpaired) electrons. The standard InChI is InChI=1S/C14H19NO4/c1-3-9-7-11(19-10(9)4-2)12(16)15-8-14(5-6-14)13(17)18/h7H,3-6,8H2,1-2H3,(H,15,16)(H,17,18). The fourth-order valence-corrected chi connectivity index (χ4v) is 2.13. The molecule has 1 saturated carbocycles. The summed E-state index contributed by atoms with van der Waals surface area (Å²) in [5.74, 6) is -0.0698.